The van der Waals surface area contributed by atoms with Crippen LogP contribution in [0.5, 0.6) is 0 Å². The molecule has 0 fully saturated rings. The van der Waals surface area contributed by atoms with Crippen LogP contribution < -0.4 is 5.32 Å². The molecule has 3 aromatic rings. The highest BCUT2D eigenvalue weighted by molar-refractivity contribution is 5.67. The topological polar surface area (TPSA) is 42.2 Å². The smallest absolute Gasteiger partial charge is 0.152 e. The molecule has 0 aliphatic carbocycles. The Balaban J connectivity index is 1.72. The fourth-order valence-electron chi connectivity index (χ4n) is 2.26. The van der Waals surface area contributed by atoms with Crippen LogP contribution in [-0.2, 0) is 6.42 Å². The first kappa shape index (κ1) is 13.5. The van der Waals surface area contributed by atoms with Crippen molar-refractivity contribution in [2.45, 2.75) is 13.3 Å². The van der Waals surface area contributed by atoms with Crippen LogP contribution in [0.25, 0.3) is 5.52 Å². The Morgan fingerprint density at radius 3 is 2.67 bits per heavy atom. The largest absolute Gasteiger partial charge is 0.368 e. The SMILES string of the molecule is Cc1cc2c(NCCc3cc(F)cc(F)c3)nccn2n1. The van der Waals surface area contributed by atoms with Gasteiger partial charge >= 0.3 is 0 Å². The van der Waals surface area contributed by atoms with Gasteiger partial charge in [0.15, 0.2) is 5.82 Å². The van der Waals surface area contributed by atoms with Crippen LogP contribution in [0.1, 0.15) is 11.3 Å². The van der Waals surface area contributed by atoms with E-state index in [-0.39, 0.29) is 0 Å². The van der Waals surface area contributed by atoms with Gasteiger partial charge in [0.2, 0.25) is 0 Å². The van der Waals surface area contributed by atoms with Gasteiger partial charge in [-0.1, -0.05) is 0 Å². The van der Waals surface area contributed by atoms with Crippen molar-refractivity contribution in [2.24, 2.45) is 0 Å². The van der Waals surface area contributed by atoms with Gasteiger partial charge in [-0.2, -0.15) is 5.10 Å². The number of hydrogen-bond acceptors (Lipinski definition) is 3. The van der Waals surface area contributed by atoms with Gasteiger partial charge in [0.25, 0.3) is 0 Å². The van der Waals surface area contributed by atoms with Crippen LogP contribution in [0, 0.1) is 18.6 Å². The summed E-state index contributed by atoms with van der Waals surface area (Å²) in [7, 11) is 0. The van der Waals surface area contributed by atoms with Gasteiger partial charge in [0.05, 0.1) is 5.69 Å². The van der Waals surface area contributed by atoms with Gasteiger partial charge in [0.1, 0.15) is 17.2 Å². The first-order valence-electron chi connectivity index (χ1n) is 6.62. The summed E-state index contributed by atoms with van der Waals surface area (Å²) in [6.45, 7) is 2.44. The Morgan fingerprint density at radius 2 is 1.90 bits per heavy atom. The summed E-state index contributed by atoms with van der Waals surface area (Å²) in [4.78, 5) is 4.27. The maximum Gasteiger partial charge on any atom is 0.152 e. The third-order valence-corrected chi connectivity index (χ3v) is 3.14. The molecular formula is C15H14F2N4. The van der Waals surface area contributed by atoms with Gasteiger partial charge in [-0.05, 0) is 37.1 Å². The third-order valence-electron chi connectivity index (χ3n) is 3.14. The zero-order chi connectivity index (χ0) is 14.8. The molecule has 1 N–H and O–H groups in total. The number of anilines is 1. The molecule has 1 aromatic carbocycles. The number of nitrogens with one attached hydrogen (secondary N) is 1. The summed E-state index contributed by atoms with van der Waals surface area (Å²) in [6.07, 6.45) is 3.93. The Morgan fingerprint density at radius 1 is 1.14 bits per heavy atom. The minimum atomic E-state index is -0.559. The van der Waals surface area contributed by atoms with Crippen LogP contribution in [0.3, 0.4) is 0 Å². The Kier molecular flexibility index (Phi) is 3.51. The number of fused-ring (bicyclic) bond motifs is 1. The number of nitrogens with zero attached hydrogens (tertiary/aromatic N) is 3. The first-order valence-corrected chi connectivity index (χ1v) is 6.62. The van der Waals surface area contributed by atoms with Crippen molar-refractivity contribution in [1.82, 2.24) is 14.6 Å². The summed E-state index contributed by atoms with van der Waals surface area (Å²) in [5, 5.41) is 7.47. The van der Waals surface area contributed by atoms with Crippen molar-refractivity contribution < 1.29 is 8.78 Å². The lowest BCUT2D eigenvalue weighted by Gasteiger charge is -2.07. The summed E-state index contributed by atoms with van der Waals surface area (Å²) >= 11 is 0. The predicted molar refractivity (Wildman–Crippen MR) is 76.3 cm³/mol. The summed E-state index contributed by atoms with van der Waals surface area (Å²) in [5.74, 6) is -0.414. The van der Waals surface area contributed by atoms with Gasteiger partial charge in [-0.3, -0.25) is 0 Å². The molecule has 0 atom stereocenters. The molecule has 0 amide bonds. The molecule has 0 aliphatic heterocycles. The van der Waals surface area contributed by atoms with Crippen LogP contribution >= 0.6 is 0 Å². The van der Waals surface area contributed by atoms with E-state index < -0.39 is 11.6 Å². The van der Waals surface area contributed by atoms with Crippen molar-refractivity contribution in [1.29, 1.82) is 0 Å². The molecule has 2 heterocycles. The van der Waals surface area contributed by atoms with Crippen LogP contribution in [0.2, 0.25) is 0 Å². The normalized spacial score (nSPS) is 11.0. The van der Waals surface area contributed by atoms with E-state index in [1.54, 1.807) is 16.9 Å². The van der Waals surface area contributed by atoms with Crippen molar-refractivity contribution in [3.05, 3.63) is 59.6 Å². The zero-order valence-electron chi connectivity index (χ0n) is 11.5. The molecule has 2 aromatic heterocycles. The number of rotatable bonds is 4. The van der Waals surface area contributed by atoms with E-state index in [9.17, 15) is 8.78 Å². The van der Waals surface area contributed by atoms with Crippen LogP contribution in [0.4, 0.5) is 14.6 Å². The summed E-state index contributed by atoms with van der Waals surface area (Å²) < 4.78 is 28.0. The highest BCUT2D eigenvalue weighted by atomic mass is 19.1. The molecule has 108 valence electrons. The Bertz CT molecular complexity index is 762. The van der Waals surface area contributed by atoms with Crippen LogP contribution in [0.15, 0.2) is 36.7 Å². The van der Waals surface area contributed by atoms with E-state index in [1.165, 1.54) is 12.1 Å². The molecule has 3 rings (SSSR count). The number of aryl methyl sites for hydroxylation is 1. The first-order chi connectivity index (χ1) is 10.1. The molecule has 21 heavy (non-hydrogen) atoms. The maximum absolute atomic E-state index is 13.1. The number of hydrogen-bond donors (Lipinski definition) is 1. The second-order valence-electron chi connectivity index (χ2n) is 4.85. The lowest BCUT2D eigenvalue weighted by atomic mass is 10.1. The summed E-state index contributed by atoms with van der Waals surface area (Å²) in [5.41, 5.74) is 2.38. The van der Waals surface area contributed by atoms with Crippen molar-refractivity contribution >= 4 is 11.3 Å². The quantitative estimate of drug-likeness (QED) is 0.802. The standard InChI is InChI=1S/C15H14F2N4/c1-10-6-14-15(19-4-5-21(14)20-10)18-3-2-11-7-12(16)9-13(17)8-11/h4-9H,2-3H2,1H3,(H,18,19). The molecule has 0 radical (unpaired) electrons. The highest BCUT2D eigenvalue weighted by Crippen LogP contribution is 2.15. The molecule has 4 nitrogen and oxygen atoms in total. The lowest BCUT2D eigenvalue weighted by molar-refractivity contribution is 0.580. The number of benzene rings is 1. The molecule has 6 heteroatoms. The lowest BCUT2D eigenvalue weighted by Crippen LogP contribution is -2.08. The van der Waals surface area contributed by atoms with Crippen molar-refractivity contribution in [3.63, 3.8) is 0 Å². The van der Waals surface area contributed by atoms with E-state index in [0.29, 0.717) is 24.3 Å². The molecule has 0 spiro atoms. The second-order valence-corrected chi connectivity index (χ2v) is 4.85. The molecule has 0 bridgehead atoms. The molecule has 0 saturated carbocycles. The van der Waals surface area contributed by atoms with Crippen molar-refractivity contribution in [2.75, 3.05) is 11.9 Å². The van der Waals surface area contributed by atoms with Crippen molar-refractivity contribution in [3.8, 4) is 0 Å². The molecule has 0 saturated heterocycles. The average Bonchev–Trinajstić information content (AvgIpc) is 2.79. The zero-order valence-corrected chi connectivity index (χ0v) is 11.5. The van der Waals surface area contributed by atoms with Gasteiger partial charge < -0.3 is 5.32 Å². The fourth-order valence-corrected chi connectivity index (χ4v) is 2.26. The maximum atomic E-state index is 13.1. The van der Waals surface area contributed by atoms with E-state index in [1.807, 2.05) is 13.0 Å². The minimum Gasteiger partial charge on any atom is -0.368 e. The van der Waals surface area contributed by atoms with Gasteiger partial charge in [-0.15, -0.1) is 0 Å². The fraction of sp³-hybridized carbons (Fsp3) is 0.200. The van der Waals surface area contributed by atoms with E-state index >= 15 is 0 Å². The van der Waals surface area contributed by atoms with Crippen LogP contribution in [-0.4, -0.2) is 21.1 Å². The van der Waals surface area contributed by atoms with E-state index in [4.69, 9.17) is 0 Å². The number of halogens is 2. The molecule has 0 aliphatic rings. The Hall–Kier alpha value is -2.50. The van der Waals surface area contributed by atoms with Gasteiger partial charge in [-0.25, -0.2) is 18.3 Å². The summed E-state index contributed by atoms with van der Waals surface area (Å²) in [6, 6.07) is 5.47. The highest BCUT2D eigenvalue weighted by Gasteiger charge is 2.05. The second kappa shape index (κ2) is 5.47. The van der Waals surface area contributed by atoms with E-state index in [2.05, 4.69) is 15.4 Å². The molecular weight excluding hydrogens is 274 g/mol. The Labute approximate surface area is 120 Å². The van der Waals surface area contributed by atoms with E-state index in [0.717, 1.165) is 17.3 Å². The predicted octanol–water partition coefficient (Wildman–Crippen LogP) is 2.97. The third kappa shape index (κ3) is 2.99. The van der Waals surface area contributed by atoms with Gasteiger partial charge in [0, 0.05) is 25.0 Å². The molecule has 0 unspecified atom stereocenters. The average molecular weight is 288 g/mol. The minimum absolute atomic E-state index is 0.504. The monoisotopic (exact) mass is 288 g/mol. The number of aromatic nitrogens is 3.